The summed E-state index contributed by atoms with van der Waals surface area (Å²) in [6.45, 7) is 0. The summed E-state index contributed by atoms with van der Waals surface area (Å²) >= 11 is 17.6. The largest absolute Gasteiger partial charge is 0.496 e. The van der Waals surface area contributed by atoms with E-state index in [4.69, 9.17) is 39.5 Å². The average Bonchev–Trinajstić information content (AvgIpc) is 2.45. The molecule has 0 spiro atoms. The first kappa shape index (κ1) is 14.9. The van der Waals surface area contributed by atoms with E-state index in [1.54, 1.807) is 13.3 Å². The van der Waals surface area contributed by atoms with Gasteiger partial charge in [0, 0.05) is 5.56 Å². The maximum atomic E-state index is 5.98. The Bertz CT molecular complexity index is 647. The van der Waals surface area contributed by atoms with E-state index >= 15 is 0 Å². The number of hydrogen-bond donors (Lipinski definition) is 1. The molecule has 0 bridgehead atoms. The van der Waals surface area contributed by atoms with Crippen molar-refractivity contribution in [3.8, 4) is 5.75 Å². The molecule has 1 heterocycles. The number of benzene rings is 1. The molecule has 0 saturated heterocycles. The summed E-state index contributed by atoms with van der Waals surface area (Å²) in [4.78, 5) is 3.99. The SMILES string of the molecule is COc1ccccc1C=NNc1nc(Cl)c(Cl)cc1Cl. The second-order valence-corrected chi connectivity index (χ2v) is 4.88. The summed E-state index contributed by atoms with van der Waals surface area (Å²) in [7, 11) is 1.59. The van der Waals surface area contributed by atoms with E-state index in [-0.39, 0.29) is 10.2 Å². The van der Waals surface area contributed by atoms with Gasteiger partial charge in [-0.25, -0.2) is 4.98 Å². The Balaban J connectivity index is 2.16. The predicted octanol–water partition coefficient (Wildman–Crippen LogP) is 4.50. The molecule has 104 valence electrons. The molecular weight excluding hydrogens is 321 g/mol. The number of methoxy groups -OCH3 is 1. The monoisotopic (exact) mass is 329 g/mol. The van der Waals surface area contributed by atoms with E-state index in [1.165, 1.54) is 6.07 Å². The maximum absolute atomic E-state index is 5.98. The van der Waals surface area contributed by atoms with Crippen LogP contribution in [-0.2, 0) is 0 Å². The lowest BCUT2D eigenvalue weighted by molar-refractivity contribution is 0.414. The van der Waals surface area contributed by atoms with Gasteiger partial charge in [-0.3, -0.25) is 5.43 Å². The highest BCUT2D eigenvalue weighted by Crippen LogP contribution is 2.28. The number of nitrogens with zero attached hydrogens (tertiary/aromatic N) is 2. The number of nitrogens with one attached hydrogen (secondary N) is 1. The van der Waals surface area contributed by atoms with E-state index in [1.807, 2.05) is 24.3 Å². The van der Waals surface area contributed by atoms with Crippen molar-refractivity contribution in [1.82, 2.24) is 4.98 Å². The van der Waals surface area contributed by atoms with E-state index in [9.17, 15) is 0 Å². The highest BCUT2D eigenvalue weighted by molar-refractivity contribution is 6.42. The van der Waals surface area contributed by atoms with Crippen molar-refractivity contribution in [3.05, 3.63) is 51.1 Å². The molecule has 1 N–H and O–H groups in total. The van der Waals surface area contributed by atoms with Crippen molar-refractivity contribution in [2.75, 3.05) is 12.5 Å². The number of pyridine rings is 1. The Hall–Kier alpha value is -1.49. The first-order chi connectivity index (χ1) is 9.61. The fraction of sp³-hybridized carbons (Fsp3) is 0.0769. The fourth-order valence-corrected chi connectivity index (χ4v) is 2.00. The number of halogens is 3. The molecule has 1 aromatic carbocycles. The normalized spacial score (nSPS) is 10.8. The van der Waals surface area contributed by atoms with Crippen molar-refractivity contribution >= 4 is 46.8 Å². The van der Waals surface area contributed by atoms with Crippen LogP contribution < -0.4 is 10.2 Å². The highest BCUT2D eigenvalue weighted by Gasteiger charge is 2.06. The van der Waals surface area contributed by atoms with Gasteiger partial charge in [-0.1, -0.05) is 46.9 Å². The van der Waals surface area contributed by atoms with Crippen LogP contribution in [0.15, 0.2) is 35.4 Å². The lowest BCUT2D eigenvalue weighted by Crippen LogP contribution is -1.96. The first-order valence-electron chi connectivity index (χ1n) is 5.55. The predicted molar refractivity (Wildman–Crippen MR) is 83.5 cm³/mol. The lowest BCUT2D eigenvalue weighted by atomic mass is 10.2. The third-order valence-electron chi connectivity index (χ3n) is 2.40. The average molecular weight is 331 g/mol. The van der Waals surface area contributed by atoms with Gasteiger partial charge in [-0.2, -0.15) is 5.10 Å². The van der Waals surface area contributed by atoms with Crippen molar-refractivity contribution in [3.63, 3.8) is 0 Å². The molecule has 20 heavy (non-hydrogen) atoms. The van der Waals surface area contributed by atoms with Gasteiger partial charge >= 0.3 is 0 Å². The Morgan fingerprint density at radius 2 is 1.95 bits per heavy atom. The van der Waals surface area contributed by atoms with Crippen LogP contribution in [0.3, 0.4) is 0 Å². The van der Waals surface area contributed by atoms with Gasteiger partial charge in [0.15, 0.2) is 5.82 Å². The van der Waals surface area contributed by atoms with Crippen molar-refractivity contribution in [2.45, 2.75) is 0 Å². The smallest absolute Gasteiger partial charge is 0.166 e. The van der Waals surface area contributed by atoms with Gasteiger partial charge in [0.2, 0.25) is 0 Å². The number of para-hydroxylation sites is 1. The molecule has 0 fully saturated rings. The number of hydrazone groups is 1. The standard InChI is InChI=1S/C13H10Cl3N3O/c1-20-11-5-3-2-4-8(11)7-17-19-13-10(15)6-9(14)12(16)18-13/h2-7H,1H3,(H,18,19). The molecule has 0 radical (unpaired) electrons. The zero-order chi connectivity index (χ0) is 14.5. The van der Waals surface area contributed by atoms with Crippen molar-refractivity contribution < 1.29 is 4.74 Å². The van der Waals surface area contributed by atoms with E-state index in [2.05, 4.69) is 15.5 Å². The molecule has 0 aliphatic rings. The molecule has 0 atom stereocenters. The van der Waals surface area contributed by atoms with E-state index < -0.39 is 0 Å². The zero-order valence-electron chi connectivity index (χ0n) is 10.4. The first-order valence-corrected chi connectivity index (χ1v) is 6.69. The summed E-state index contributed by atoms with van der Waals surface area (Å²) in [6.07, 6.45) is 1.60. The Kier molecular flexibility index (Phi) is 5.06. The van der Waals surface area contributed by atoms with Crippen LogP contribution >= 0.6 is 34.8 Å². The van der Waals surface area contributed by atoms with Crippen LogP contribution in [0.2, 0.25) is 15.2 Å². The molecule has 7 heteroatoms. The van der Waals surface area contributed by atoms with E-state index in [0.29, 0.717) is 16.6 Å². The highest BCUT2D eigenvalue weighted by atomic mass is 35.5. The third kappa shape index (κ3) is 3.54. The van der Waals surface area contributed by atoms with Gasteiger partial charge in [-0.15, -0.1) is 0 Å². The maximum Gasteiger partial charge on any atom is 0.166 e. The van der Waals surface area contributed by atoms with Crippen LogP contribution in [0.4, 0.5) is 5.82 Å². The quantitative estimate of drug-likeness (QED) is 0.510. The van der Waals surface area contributed by atoms with Crippen LogP contribution in [-0.4, -0.2) is 18.3 Å². The Morgan fingerprint density at radius 3 is 2.70 bits per heavy atom. The minimum Gasteiger partial charge on any atom is -0.496 e. The topological polar surface area (TPSA) is 46.5 Å². The molecule has 2 aromatic rings. The second kappa shape index (κ2) is 6.79. The van der Waals surface area contributed by atoms with Gasteiger partial charge in [0.25, 0.3) is 0 Å². The molecule has 0 amide bonds. The molecule has 2 rings (SSSR count). The summed E-state index contributed by atoms with van der Waals surface area (Å²) in [5.41, 5.74) is 3.53. The summed E-state index contributed by atoms with van der Waals surface area (Å²) < 4.78 is 5.21. The molecule has 1 aromatic heterocycles. The number of aromatic nitrogens is 1. The van der Waals surface area contributed by atoms with Crippen molar-refractivity contribution in [2.24, 2.45) is 5.10 Å². The van der Waals surface area contributed by atoms with Crippen LogP contribution in [0.5, 0.6) is 5.75 Å². The minimum atomic E-state index is 0.158. The van der Waals surface area contributed by atoms with Gasteiger partial charge in [0.1, 0.15) is 10.9 Å². The number of anilines is 1. The van der Waals surface area contributed by atoms with Gasteiger partial charge in [0.05, 0.1) is 23.4 Å². The zero-order valence-corrected chi connectivity index (χ0v) is 12.7. The van der Waals surface area contributed by atoms with E-state index in [0.717, 1.165) is 5.56 Å². The molecule has 0 unspecified atom stereocenters. The van der Waals surface area contributed by atoms with Crippen LogP contribution in [0.1, 0.15) is 5.56 Å². The molecule has 0 aliphatic heterocycles. The molecule has 0 aliphatic carbocycles. The number of rotatable bonds is 4. The summed E-state index contributed by atoms with van der Waals surface area (Å²) in [6, 6.07) is 8.97. The van der Waals surface area contributed by atoms with Crippen LogP contribution in [0.25, 0.3) is 0 Å². The minimum absolute atomic E-state index is 0.158. The molecular formula is C13H10Cl3N3O. The van der Waals surface area contributed by atoms with Gasteiger partial charge < -0.3 is 4.74 Å². The van der Waals surface area contributed by atoms with Gasteiger partial charge in [-0.05, 0) is 18.2 Å². The fourth-order valence-electron chi connectivity index (χ4n) is 1.46. The van der Waals surface area contributed by atoms with Crippen molar-refractivity contribution in [1.29, 1.82) is 0 Å². The Labute approximate surface area is 131 Å². The third-order valence-corrected chi connectivity index (χ3v) is 3.36. The second-order valence-electron chi connectivity index (χ2n) is 3.70. The molecule has 4 nitrogen and oxygen atoms in total. The lowest BCUT2D eigenvalue weighted by Gasteiger charge is -2.05. The Morgan fingerprint density at radius 1 is 1.20 bits per heavy atom. The number of ether oxygens (including phenoxy) is 1. The summed E-state index contributed by atoms with van der Waals surface area (Å²) in [5, 5.41) is 4.82. The molecule has 0 saturated carbocycles. The number of hydrogen-bond acceptors (Lipinski definition) is 4. The van der Waals surface area contributed by atoms with Crippen LogP contribution in [0, 0.1) is 0 Å². The summed E-state index contributed by atoms with van der Waals surface area (Å²) in [5.74, 6) is 1.04.